The summed E-state index contributed by atoms with van der Waals surface area (Å²) in [7, 11) is 0. The molecule has 0 fully saturated rings. The van der Waals surface area contributed by atoms with Gasteiger partial charge in [0, 0.05) is 4.47 Å². The molecule has 1 aliphatic heterocycles. The van der Waals surface area contributed by atoms with Gasteiger partial charge in [0.05, 0.1) is 17.8 Å². The van der Waals surface area contributed by atoms with Gasteiger partial charge in [0.25, 0.3) is 11.7 Å². The van der Waals surface area contributed by atoms with Gasteiger partial charge in [-0.2, -0.15) is 0 Å². The summed E-state index contributed by atoms with van der Waals surface area (Å²) in [6, 6.07) is 8.76. The molecule has 0 N–H and O–H groups in total. The molecule has 0 saturated heterocycles. The Hall–Kier alpha value is -2.08. The number of carbonyl (C=O) groups is 2. The standard InChI is InChI=1S/C15H8BrF2NO2/c16-9-3-1-8(2-4-9)7-19-13-11(18)6-5-10(17)12(13)14(20)15(19)21/h1-6H,7H2. The average Bonchev–Trinajstić information content (AvgIpc) is 2.71. The third-order valence-electron chi connectivity index (χ3n) is 3.27. The van der Waals surface area contributed by atoms with Crippen LogP contribution in [0.25, 0.3) is 0 Å². The van der Waals surface area contributed by atoms with E-state index in [1.807, 2.05) is 0 Å². The molecule has 0 aliphatic carbocycles. The van der Waals surface area contributed by atoms with Crippen molar-refractivity contribution >= 4 is 33.3 Å². The molecule has 1 amide bonds. The Kier molecular flexibility index (Phi) is 3.33. The summed E-state index contributed by atoms with van der Waals surface area (Å²) < 4.78 is 28.5. The molecule has 2 aromatic rings. The van der Waals surface area contributed by atoms with E-state index in [-0.39, 0.29) is 12.2 Å². The minimum atomic E-state index is -1.01. The van der Waals surface area contributed by atoms with Gasteiger partial charge >= 0.3 is 0 Å². The van der Waals surface area contributed by atoms with Gasteiger partial charge in [-0.05, 0) is 29.8 Å². The van der Waals surface area contributed by atoms with E-state index in [4.69, 9.17) is 0 Å². The number of hydrogen-bond acceptors (Lipinski definition) is 2. The highest BCUT2D eigenvalue weighted by Crippen LogP contribution is 2.34. The molecule has 2 aromatic carbocycles. The summed E-state index contributed by atoms with van der Waals surface area (Å²) >= 11 is 3.28. The van der Waals surface area contributed by atoms with Crippen LogP contribution in [0.2, 0.25) is 0 Å². The fourth-order valence-electron chi connectivity index (χ4n) is 2.28. The number of benzene rings is 2. The third-order valence-corrected chi connectivity index (χ3v) is 3.80. The zero-order chi connectivity index (χ0) is 15.1. The summed E-state index contributed by atoms with van der Waals surface area (Å²) in [5, 5.41) is 0. The fourth-order valence-corrected chi connectivity index (χ4v) is 2.54. The van der Waals surface area contributed by atoms with Gasteiger partial charge in [-0.25, -0.2) is 8.78 Å². The smallest absolute Gasteiger partial charge is 0.297 e. The van der Waals surface area contributed by atoms with Crippen LogP contribution >= 0.6 is 15.9 Å². The van der Waals surface area contributed by atoms with Crippen molar-refractivity contribution in [2.45, 2.75) is 6.54 Å². The molecule has 3 rings (SSSR count). The number of anilines is 1. The summed E-state index contributed by atoms with van der Waals surface area (Å²) in [6.45, 7) is 0.00519. The van der Waals surface area contributed by atoms with E-state index >= 15 is 0 Å². The fraction of sp³-hybridized carbons (Fsp3) is 0.0667. The Labute approximate surface area is 127 Å². The lowest BCUT2D eigenvalue weighted by atomic mass is 10.1. The first-order valence-electron chi connectivity index (χ1n) is 6.07. The van der Waals surface area contributed by atoms with Crippen molar-refractivity contribution in [3.8, 4) is 0 Å². The highest BCUT2D eigenvalue weighted by Gasteiger charge is 2.40. The van der Waals surface area contributed by atoms with E-state index in [0.717, 1.165) is 21.5 Å². The number of ketones is 1. The van der Waals surface area contributed by atoms with Crippen molar-refractivity contribution in [1.82, 2.24) is 0 Å². The Morgan fingerprint density at radius 1 is 0.952 bits per heavy atom. The number of fused-ring (bicyclic) bond motifs is 1. The van der Waals surface area contributed by atoms with Gasteiger partial charge in [-0.15, -0.1) is 0 Å². The number of nitrogens with zero attached hydrogens (tertiary/aromatic N) is 1. The van der Waals surface area contributed by atoms with E-state index in [1.165, 1.54) is 0 Å². The van der Waals surface area contributed by atoms with E-state index in [1.54, 1.807) is 24.3 Å². The van der Waals surface area contributed by atoms with E-state index < -0.39 is 28.9 Å². The Morgan fingerprint density at radius 3 is 2.24 bits per heavy atom. The third kappa shape index (κ3) is 2.25. The maximum absolute atomic E-state index is 13.9. The van der Waals surface area contributed by atoms with Crippen molar-refractivity contribution in [1.29, 1.82) is 0 Å². The van der Waals surface area contributed by atoms with Crippen molar-refractivity contribution in [3.63, 3.8) is 0 Å². The monoisotopic (exact) mass is 351 g/mol. The molecule has 0 bridgehead atoms. The van der Waals surface area contributed by atoms with Crippen LogP contribution in [-0.2, 0) is 11.3 Å². The minimum absolute atomic E-state index is 0.00519. The maximum atomic E-state index is 13.9. The van der Waals surface area contributed by atoms with Crippen LogP contribution in [0.3, 0.4) is 0 Å². The van der Waals surface area contributed by atoms with Crippen LogP contribution in [0.4, 0.5) is 14.5 Å². The van der Waals surface area contributed by atoms with Gasteiger partial charge in [0.15, 0.2) is 0 Å². The second kappa shape index (κ2) is 5.04. The lowest BCUT2D eigenvalue weighted by molar-refractivity contribution is -0.114. The van der Waals surface area contributed by atoms with Crippen LogP contribution in [0.15, 0.2) is 40.9 Å². The first-order valence-corrected chi connectivity index (χ1v) is 6.87. The predicted octanol–water partition coefficient (Wildman–Crippen LogP) is 3.46. The molecular formula is C15H8BrF2NO2. The van der Waals surface area contributed by atoms with Crippen LogP contribution in [0.1, 0.15) is 15.9 Å². The molecule has 6 heteroatoms. The zero-order valence-corrected chi connectivity index (χ0v) is 12.2. The summed E-state index contributed by atoms with van der Waals surface area (Å²) in [4.78, 5) is 24.8. The molecule has 21 heavy (non-hydrogen) atoms. The topological polar surface area (TPSA) is 37.4 Å². The summed E-state index contributed by atoms with van der Waals surface area (Å²) in [6.07, 6.45) is 0. The van der Waals surface area contributed by atoms with Crippen LogP contribution < -0.4 is 4.90 Å². The Bertz CT molecular complexity index is 759. The first kappa shape index (κ1) is 13.9. The van der Waals surface area contributed by atoms with Crippen molar-refractivity contribution in [3.05, 3.63) is 63.6 Å². The predicted molar refractivity (Wildman–Crippen MR) is 76.0 cm³/mol. The Morgan fingerprint density at radius 2 is 1.57 bits per heavy atom. The first-order chi connectivity index (χ1) is 9.99. The van der Waals surface area contributed by atoms with Gasteiger partial charge in [0.2, 0.25) is 0 Å². The molecule has 0 atom stereocenters. The molecular weight excluding hydrogens is 344 g/mol. The minimum Gasteiger partial charge on any atom is -0.297 e. The SMILES string of the molecule is O=C1C(=O)N(Cc2ccc(Br)cc2)c2c(F)ccc(F)c21. The second-order valence-corrected chi connectivity index (χ2v) is 5.52. The lowest BCUT2D eigenvalue weighted by Crippen LogP contribution is -2.29. The van der Waals surface area contributed by atoms with Crippen molar-refractivity contribution < 1.29 is 18.4 Å². The number of rotatable bonds is 2. The number of carbonyl (C=O) groups excluding carboxylic acids is 2. The van der Waals surface area contributed by atoms with E-state index in [9.17, 15) is 18.4 Å². The summed E-state index contributed by atoms with van der Waals surface area (Å²) in [5.74, 6) is -3.61. The molecule has 0 aromatic heterocycles. The van der Waals surface area contributed by atoms with Crippen LogP contribution in [-0.4, -0.2) is 11.7 Å². The van der Waals surface area contributed by atoms with Crippen LogP contribution in [0.5, 0.6) is 0 Å². The molecule has 3 nitrogen and oxygen atoms in total. The highest BCUT2D eigenvalue weighted by atomic mass is 79.9. The van der Waals surface area contributed by atoms with E-state index in [2.05, 4.69) is 15.9 Å². The van der Waals surface area contributed by atoms with Crippen molar-refractivity contribution in [2.24, 2.45) is 0 Å². The Balaban J connectivity index is 2.05. The molecule has 0 saturated carbocycles. The zero-order valence-electron chi connectivity index (χ0n) is 10.6. The quantitative estimate of drug-likeness (QED) is 0.777. The van der Waals surface area contributed by atoms with Gasteiger partial charge in [0.1, 0.15) is 11.6 Å². The van der Waals surface area contributed by atoms with Crippen molar-refractivity contribution in [2.75, 3.05) is 4.90 Å². The normalized spacial score (nSPS) is 13.8. The van der Waals surface area contributed by atoms with Gasteiger partial charge in [-0.1, -0.05) is 28.1 Å². The summed E-state index contributed by atoms with van der Waals surface area (Å²) in [5.41, 5.74) is -0.0686. The van der Waals surface area contributed by atoms with Crippen LogP contribution in [0, 0.1) is 11.6 Å². The largest absolute Gasteiger partial charge is 0.299 e. The highest BCUT2D eigenvalue weighted by molar-refractivity contribution is 9.10. The van der Waals surface area contributed by atoms with Gasteiger partial charge < -0.3 is 0 Å². The lowest BCUT2D eigenvalue weighted by Gasteiger charge is -2.17. The number of halogens is 3. The number of amides is 1. The van der Waals surface area contributed by atoms with Gasteiger partial charge in [-0.3, -0.25) is 14.5 Å². The molecule has 106 valence electrons. The molecule has 1 aliphatic rings. The number of hydrogen-bond donors (Lipinski definition) is 0. The second-order valence-electron chi connectivity index (χ2n) is 4.60. The van der Waals surface area contributed by atoms with E-state index in [0.29, 0.717) is 5.56 Å². The molecule has 0 spiro atoms. The molecule has 0 unspecified atom stereocenters. The average molecular weight is 352 g/mol. The molecule has 1 heterocycles. The number of Topliss-reactive ketones (excluding diaryl/α,β-unsaturated/α-hetero) is 1. The maximum Gasteiger partial charge on any atom is 0.299 e. The molecule has 0 radical (unpaired) electrons.